The molecule has 1 aliphatic carbocycles. The summed E-state index contributed by atoms with van der Waals surface area (Å²) in [5, 5.41) is 24.1. The molecule has 0 unspecified atom stereocenters. The molecule has 4 heterocycles. The summed E-state index contributed by atoms with van der Waals surface area (Å²) in [6, 6.07) is 8.25. The summed E-state index contributed by atoms with van der Waals surface area (Å²) in [5.41, 5.74) is -0.697. The van der Waals surface area contributed by atoms with Crippen LogP contribution in [0, 0.1) is 0 Å². The maximum atomic E-state index is 13.5. The van der Waals surface area contributed by atoms with E-state index >= 15 is 0 Å². The average molecular weight is 665 g/mol. The first-order valence-corrected chi connectivity index (χ1v) is 14.3. The minimum atomic E-state index is -5.01. The molecule has 0 radical (unpaired) electrons. The molecule has 19 heteroatoms. The third-order valence-corrected chi connectivity index (χ3v) is 7.52. The van der Waals surface area contributed by atoms with Gasteiger partial charge < -0.3 is 20.6 Å². The first kappa shape index (κ1) is 31.2. The second-order valence-corrected chi connectivity index (χ2v) is 11.1. The molecule has 0 spiro atoms. The van der Waals surface area contributed by atoms with Gasteiger partial charge in [0.2, 0.25) is 11.9 Å². The van der Waals surface area contributed by atoms with Gasteiger partial charge in [-0.05, 0) is 36.4 Å². The van der Waals surface area contributed by atoms with Crippen molar-refractivity contribution in [2.24, 2.45) is 0 Å². The lowest BCUT2D eigenvalue weighted by Crippen LogP contribution is -2.48. The fourth-order valence-corrected chi connectivity index (χ4v) is 4.94. The van der Waals surface area contributed by atoms with Crippen molar-refractivity contribution < 1.29 is 32.3 Å². The van der Waals surface area contributed by atoms with Crippen LogP contribution in [0.2, 0.25) is 5.02 Å². The molecule has 4 aromatic rings. The highest BCUT2D eigenvalue weighted by Gasteiger charge is 2.40. The molecule has 1 saturated carbocycles. The van der Waals surface area contributed by atoms with E-state index in [2.05, 4.69) is 30.8 Å². The van der Waals surface area contributed by atoms with Gasteiger partial charge in [0, 0.05) is 36.3 Å². The molecule has 3 atom stereocenters. The molecule has 2 amide bonds. The predicted molar refractivity (Wildman–Crippen MR) is 153 cm³/mol. The maximum absolute atomic E-state index is 13.5. The summed E-state index contributed by atoms with van der Waals surface area (Å²) in [4.78, 5) is 48.9. The normalized spacial score (nSPS) is 18.7. The number of pyridine rings is 1. The number of carbonyl (C=O) groups is 2. The molecule has 1 saturated heterocycles. The molecule has 1 aliphatic heterocycles. The number of alkyl halides is 4. The van der Waals surface area contributed by atoms with E-state index in [1.165, 1.54) is 47.3 Å². The second kappa shape index (κ2) is 12.2. The Labute approximate surface area is 261 Å². The van der Waals surface area contributed by atoms with E-state index in [0.717, 1.165) is 4.68 Å². The third kappa shape index (κ3) is 6.43. The number of nitrogens with zero attached hydrogens (tertiary/aromatic N) is 8. The third-order valence-electron chi connectivity index (χ3n) is 7.26. The summed E-state index contributed by atoms with van der Waals surface area (Å²) < 4.78 is 56.2. The summed E-state index contributed by atoms with van der Waals surface area (Å²) >= 11 is 5.96. The molecule has 242 valence electrons. The Balaban J connectivity index is 1.41. The number of aliphatic hydroxyl groups excluding tert-OH is 1. The van der Waals surface area contributed by atoms with Gasteiger partial charge in [0.05, 0.1) is 24.8 Å². The zero-order valence-electron chi connectivity index (χ0n) is 23.7. The molecule has 6 rings (SSSR count). The van der Waals surface area contributed by atoms with E-state index in [4.69, 9.17) is 11.6 Å². The standard InChI is InChI=1S/C27H25ClF4N10O4/c28-15-5-3-14(4-6-15)23-38-41(26(46)40(23)11-19(43)27(30,31)32)12-20-36-25(39-9-8-33-21(44)13-39)42(37-20)18-2-1-7-34-22(18)24(45)35-17-10-16(17)29/h1-7,16-17,19,43H,8-13H2,(H,33,44)(H,35,45)/t16-,17+,19-/m0/s1. The molecule has 2 aliphatic rings. The number of carbonyl (C=O) groups excluding carboxylic acids is 2. The molecule has 46 heavy (non-hydrogen) atoms. The molecule has 14 nitrogen and oxygen atoms in total. The minimum absolute atomic E-state index is 0.0482. The van der Waals surface area contributed by atoms with Gasteiger partial charge in [-0.2, -0.15) is 22.8 Å². The lowest BCUT2D eigenvalue weighted by atomic mass is 10.2. The van der Waals surface area contributed by atoms with Gasteiger partial charge in [0.25, 0.3) is 5.91 Å². The van der Waals surface area contributed by atoms with E-state index < -0.39 is 49.2 Å². The van der Waals surface area contributed by atoms with Gasteiger partial charge in [-0.1, -0.05) is 11.6 Å². The van der Waals surface area contributed by atoms with Crippen molar-refractivity contribution in [1.82, 2.24) is 44.7 Å². The molecule has 2 fully saturated rings. The van der Waals surface area contributed by atoms with Crippen molar-refractivity contribution in [3.63, 3.8) is 0 Å². The summed E-state index contributed by atoms with van der Waals surface area (Å²) in [6.45, 7) is -1.11. The van der Waals surface area contributed by atoms with E-state index in [-0.39, 0.29) is 60.0 Å². The van der Waals surface area contributed by atoms with Gasteiger partial charge in [0.1, 0.15) is 12.7 Å². The van der Waals surface area contributed by atoms with Crippen LogP contribution in [0.4, 0.5) is 23.5 Å². The quantitative estimate of drug-likeness (QED) is 0.222. The number of hydrogen-bond acceptors (Lipinski definition) is 9. The fourth-order valence-electron chi connectivity index (χ4n) is 4.81. The Hall–Kier alpha value is -4.84. The van der Waals surface area contributed by atoms with Crippen LogP contribution in [0.1, 0.15) is 22.7 Å². The van der Waals surface area contributed by atoms with Gasteiger partial charge in [-0.15, -0.1) is 10.2 Å². The molecule has 3 aromatic heterocycles. The average Bonchev–Trinajstić information content (AvgIpc) is 3.41. The highest BCUT2D eigenvalue weighted by Crippen LogP contribution is 2.27. The largest absolute Gasteiger partial charge is 0.416 e. The van der Waals surface area contributed by atoms with Gasteiger partial charge in [-0.3, -0.25) is 14.2 Å². The predicted octanol–water partition coefficient (Wildman–Crippen LogP) is 1.09. The summed E-state index contributed by atoms with van der Waals surface area (Å²) in [5.74, 6) is -1.08. The van der Waals surface area contributed by atoms with Gasteiger partial charge in [0.15, 0.2) is 23.4 Å². The summed E-state index contributed by atoms with van der Waals surface area (Å²) in [6.07, 6.45) is -7.49. The zero-order chi connectivity index (χ0) is 32.7. The van der Waals surface area contributed by atoms with Crippen LogP contribution in [-0.4, -0.2) is 95.1 Å². The summed E-state index contributed by atoms with van der Waals surface area (Å²) in [7, 11) is 0. The highest BCUT2D eigenvalue weighted by molar-refractivity contribution is 6.30. The Morgan fingerprint density at radius 2 is 1.91 bits per heavy atom. The maximum Gasteiger partial charge on any atom is 0.416 e. The first-order valence-electron chi connectivity index (χ1n) is 14.0. The number of rotatable bonds is 9. The van der Waals surface area contributed by atoms with Crippen LogP contribution in [0.5, 0.6) is 0 Å². The number of benzene rings is 1. The number of hydrogen-bond donors (Lipinski definition) is 3. The van der Waals surface area contributed by atoms with Crippen LogP contribution in [0.25, 0.3) is 17.1 Å². The lowest BCUT2D eigenvalue weighted by molar-refractivity contribution is -0.207. The molecular weight excluding hydrogens is 640 g/mol. The number of nitrogens with one attached hydrogen (secondary N) is 2. The van der Waals surface area contributed by atoms with E-state index in [0.29, 0.717) is 16.1 Å². The van der Waals surface area contributed by atoms with Crippen molar-refractivity contribution >= 4 is 29.4 Å². The van der Waals surface area contributed by atoms with Gasteiger partial charge in [-0.25, -0.2) is 18.9 Å². The first-order chi connectivity index (χ1) is 21.9. The minimum Gasteiger partial charge on any atom is -0.382 e. The molecule has 1 aromatic carbocycles. The molecular formula is C27H25ClF4N10O4. The van der Waals surface area contributed by atoms with Crippen molar-refractivity contribution in [2.45, 2.75) is 44.0 Å². The Morgan fingerprint density at radius 3 is 2.59 bits per heavy atom. The van der Waals surface area contributed by atoms with Crippen LogP contribution in [-0.2, 0) is 17.9 Å². The molecule has 0 bridgehead atoms. The smallest absolute Gasteiger partial charge is 0.382 e. The Kier molecular flexibility index (Phi) is 8.24. The highest BCUT2D eigenvalue weighted by atomic mass is 35.5. The number of halogens is 5. The van der Waals surface area contributed by atoms with Crippen molar-refractivity contribution in [3.8, 4) is 17.1 Å². The van der Waals surface area contributed by atoms with E-state index in [1.54, 1.807) is 4.90 Å². The lowest BCUT2D eigenvalue weighted by Gasteiger charge is -2.27. The van der Waals surface area contributed by atoms with E-state index in [1.807, 2.05) is 0 Å². The molecule has 3 N–H and O–H groups in total. The number of amides is 2. The van der Waals surface area contributed by atoms with Crippen LogP contribution in [0.3, 0.4) is 0 Å². The Bertz CT molecular complexity index is 1840. The van der Waals surface area contributed by atoms with Crippen LogP contribution in [0.15, 0.2) is 47.4 Å². The zero-order valence-corrected chi connectivity index (χ0v) is 24.4. The number of aromatic nitrogens is 7. The number of aliphatic hydroxyl groups is 1. The second-order valence-electron chi connectivity index (χ2n) is 10.7. The van der Waals surface area contributed by atoms with E-state index in [9.17, 15) is 37.1 Å². The monoisotopic (exact) mass is 664 g/mol. The van der Waals surface area contributed by atoms with Crippen LogP contribution < -0.4 is 21.2 Å². The van der Waals surface area contributed by atoms with Crippen molar-refractivity contribution in [2.75, 3.05) is 24.5 Å². The number of piperazine rings is 1. The van der Waals surface area contributed by atoms with Crippen molar-refractivity contribution in [3.05, 3.63) is 69.6 Å². The van der Waals surface area contributed by atoms with Gasteiger partial charge >= 0.3 is 11.9 Å². The Morgan fingerprint density at radius 1 is 1.17 bits per heavy atom. The SMILES string of the molecule is O=C1CN(c2nc(Cn3nc(-c4ccc(Cl)cc4)n(C[C@H](O)C(F)(F)F)c3=O)nn2-c2cccnc2C(=O)N[C@@H]2C[C@@H]2F)CCN1. The van der Waals surface area contributed by atoms with Crippen molar-refractivity contribution in [1.29, 1.82) is 0 Å². The topological polar surface area (TPSA) is 165 Å². The number of anilines is 1. The fraction of sp³-hybridized carbons (Fsp3) is 0.370. The van der Waals surface area contributed by atoms with Crippen LogP contribution >= 0.6 is 11.6 Å².